The number of nitrogens with zero attached hydrogens (tertiary/aromatic N) is 1. The predicted octanol–water partition coefficient (Wildman–Crippen LogP) is 4.42. The summed E-state index contributed by atoms with van der Waals surface area (Å²) in [5, 5.41) is 3.19. The highest BCUT2D eigenvalue weighted by molar-refractivity contribution is 8.26. The molecule has 160 valence electrons. The van der Waals surface area contributed by atoms with Crippen molar-refractivity contribution in [2.75, 3.05) is 26.1 Å². The number of nitrogens with one attached hydrogen (secondary N) is 1. The van der Waals surface area contributed by atoms with Gasteiger partial charge in [-0.15, -0.1) is 11.8 Å². The van der Waals surface area contributed by atoms with Crippen molar-refractivity contribution in [2.24, 2.45) is 0 Å². The van der Waals surface area contributed by atoms with E-state index in [0.717, 1.165) is 10.5 Å². The first kappa shape index (κ1) is 22.0. The Morgan fingerprint density at radius 3 is 2.90 bits per heavy atom. The van der Waals surface area contributed by atoms with Gasteiger partial charge in [-0.3, -0.25) is 14.5 Å². The number of hydrogen-bond acceptors (Lipinski definition) is 7. The molecule has 6 nitrogen and oxygen atoms in total. The zero-order valence-corrected chi connectivity index (χ0v) is 19.6. The summed E-state index contributed by atoms with van der Waals surface area (Å²) < 4.78 is 11.1. The zero-order chi connectivity index (χ0) is 22.0. The van der Waals surface area contributed by atoms with Crippen LogP contribution in [-0.2, 0) is 4.79 Å². The van der Waals surface area contributed by atoms with Crippen molar-refractivity contribution in [1.82, 2.24) is 10.2 Å². The summed E-state index contributed by atoms with van der Waals surface area (Å²) in [6, 6.07) is 10.8. The highest BCUT2D eigenvalue weighted by atomic mass is 35.5. The quantitative estimate of drug-likeness (QED) is 0.363. The Morgan fingerprint density at radius 1 is 1.29 bits per heavy atom. The van der Waals surface area contributed by atoms with E-state index in [1.165, 1.54) is 28.4 Å². The molecule has 0 bridgehead atoms. The lowest BCUT2D eigenvalue weighted by atomic mass is 10.2. The van der Waals surface area contributed by atoms with Crippen molar-refractivity contribution >= 4 is 69.6 Å². The third-order valence-electron chi connectivity index (χ3n) is 4.61. The van der Waals surface area contributed by atoms with Crippen LogP contribution in [0.15, 0.2) is 46.2 Å². The lowest BCUT2D eigenvalue weighted by Crippen LogP contribution is -2.37. The van der Waals surface area contributed by atoms with Gasteiger partial charge < -0.3 is 14.8 Å². The Labute approximate surface area is 198 Å². The molecule has 0 spiro atoms. The molecule has 0 unspecified atom stereocenters. The van der Waals surface area contributed by atoms with E-state index >= 15 is 0 Å². The minimum atomic E-state index is -0.290. The molecular weight excluding hydrogens is 476 g/mol. The molecule has 2 heterocycles. The molecule has 0 radical (unpaired) electrons. The molecule has 2 aromatic rings. The number of hydrogen-bond donors (Lipinski definition) is 1. The molecule has 1 fully saturated rings. The molecule has 2 aliphatic rings. The summed E-state index contributed by atoms with van der Waals surface area (Å²) in [7, 11) is 0. The molecule has 10 heteroatoms. The Morgan fingerprint density at radius 2 is 2.10 bits per heavy atom. The number of carbonyl (C=O) groups excluding carboxylic acids is 2. The lowest BCUT2D eigenvalue weighted by Gasteiger charge is -2.15. The summed E-state index contributed by atoms with van der Waals surface area (Å²) in [4.78, 5) is 28.2. The van der Waals surface area contributed by atoms with E-state index in [1.54, 1.807) is 18.2 Å². The summed E-state index contributed by atoms with van der Waals surface area (Å²) in [5.41, 5.74) is 1.22. The molecule has 1 saturated heterocycles. The maximum atomic E-state index is 12.8. The van der Waals surface area contributed by atoms with Crippen LogP contribution < -0.4 is 14.8 Å². The SMILES string of the molecule is CSc1ccc(Cl)c(C(=O)NCCN2C(=O)C(=Cc3ccc4c(c3)OCO4)SC2=S)c1. The van der Waals surface area contributed by atoms with Gasteiger partial charge >= 0.3 is 0 Å². The van der Waals surface area contributed by atoms with Crippen LogP contribution in [0.1, 0.15) is 15.9 Å². The fourth-order valence-electron chi connectivity index (χ4n) is 3.03. The maximum Gasteiger partial charge on any atom is 0.266 e. The van der Waals surface area contributed by atoms with E-state index in [2.05, 4.69) is 5.32 Å². The monoisotopic (exact) mass is 492 g/mol. The average molecular weight is 493 g/mol. The number of thioether (sulfide) groups is 2. The van der Waals surface area contributed by atoms with Gasteiger partial charge in [-0.25, -0.2) is 0 Å². The first-order chi connectivity index (χ1) is 15.0. The van der Waals surface area contributed by atoms with Crippen molar-refractivity contribution in [3.05, 3.63) is 57.5 Å². The molecule has 0 atom stereocenters. The van der Waals surface area contributed by atoms with Gasteiger partial charge in [0, 0.05) is 18.0 Å². The van der Waals surface area contributed by atoms with Crippen LogP contribution in [0.2, 0.25) is 5.02 Å². The fourth-order valence-corrected chi connectivity index (χ4v) is 4.98. The van der Waals surface area contributed by atoms with Crippen LogP contribution >= 0.6 is 47.3 Å². The summed E-state index contributed by atoms with van der Waals surface area (Å²) in [5.74, 6) is 0.853. The van der Waals surface area contributed by atoms with Crippen LogP contribution in [0.25, 0.3) is 6.08 Å². The first-order valence-electron chi connectivity index (χ1n) is 9.23. The smallest absolute Gasteiger partial charge is 0.266 e. The van der Waals surface area contributed by atoms with E-state index < -0.39 is 0 Å². The minimum Gasteiger partial charge on any atom is -0.454 e. The van der Waals surface area contributed by atoms with E-state index in [9.17, 15) is 9.59 Å². The fraction of sp³-hybridized carbons (Fsp3) is 0.190. The van der Waals surface area contributed by atoms with Crippen LogP contribution in [-0.4, -0.2) is 47.2 Å². The summed E-state index contributed by atoms with van der Waals surface area (Å²) in [6.45, 7) is 0.719. The van der Waals surface area contributed by atoms with E-state index in [1.807, 2.05) is 30.5 Å². The van der Waals surface area contributed by atoms with Gasteiger partial charge in [-0.05, 0) is 48.2 Å². The van der Waals surface area contributed by atoms with Gasteiger partial charge in [0.15, 0.2) is 11.5 Å². The van der Waals surface area contributed by atoms with E-state index in [-0.39, 0.29) is 31.7 Å². The first-order valence-corrected chi connectivity index (χ1v) is 12.1. The van der Waals surface area contributed by atoms with Crippen LogP contribution in [0.5, 0.6) is 11.5 Å². The molecule has 1 N–H and O–H groups in total. The second kappa shape index (κ2) is 9.52. The van der Waals surface area contributed by atoms with Gasteiger partial charge in [0.1, 0.15) is 4.32 Å². The molecule has 2 aliphatic heterocycles. The molecule has 0 aromatic heterocycles. The topological polar surface area (TPSA) is 67.9 Å². The van der Waals surface area contributed by atoms with Gasteiger partial charge in [-0.1, -0.05) is 41.6 Å². The number of thiocarbonyl (C=S) groups is 1. The van der Waals surface area contributed by atoms with Crippen molar-refractivity contribution < 1.29 is 19.1 Å². The second-order valence-corrected chi connectivity index (χ2v) is 9.51. The van der Waals surface area contributed by atoms with Crippen LogP contribution in [0.3, 0.4) is 0 Å². The Kier molecular flexibility index (Phi) is 6.76. The normalized spacial score (nSPS) is 16.3. The highest BCUT2D eigenvalue weighted by Crippen LogP contribution is 2.36. The largest absolute Gasteiger partial charge is 0.454 e. The number of benzene rings is 2. The van der Waals surface area contributed by atoms with Crippen molar-refractivity contribution in [3.63, 3.8) is 0 Å². The summed E-state index contributed by atoms with van der Waals surface area (Å²) >= 11 is 14.3. The maximum absolute atomic E-state index is 12.8. The molecule has 31 heavy (non-hydrogen) atoms. The zero-order valence-electron chi connectivity index (χ0n) is 16.3. The van der Waals surface area contributed by atoms with Crippen molar-refractivity contribution in [2.45, 2.75) is 4.90 Å². The highest BCUT2D eigenvalue weighted by Gasteiger charge is 2.31. The van der Waals surface area contributed by atoms with Gasteiger partial charge in [0.2, 0.25) is 6.79 Å². The standard InChI is InChI=1S/C21H17ClN2O4S3/c1-30-13-3-4-15(22)14(10-13)19(25)23-6-7-24-20(26)18(31-21(24)29)9-12-2-5-16-17(8-12)28-11-27-16/h2-5,8-10H,6-7,11H2,1H3,(H,23,25). The van der Waals surface area contributed by atoms with Crippen LogP contribution in [0.4, 0.5) is 0 Å². The number of rotatable bonds is 6. The lowest BCUT2D eigenvalue weighted by molar-refractivity contribution is -0.122. The second-order valence-electron chi connectivity index (χ2n) is 6.55. The average Bonchev–Trinajstić information content (AvgIpc) is 3.33. The third-order valence-corrected chi connectivity index (χ3v) is 7.04. The molecular formula is C21H17ClN2O4S3. The molecule has 0 saturated carbocycles. The molecule has 2 aromatic carbocycles. The molecule has 2 amide bonds. The van der Waals surface area contributed by atoms with Gasteiger partial charge in [-0.2, -0.15) is 0 Å². The number of halogens is 1. The predicted molar refractivity (Wildman–Crippen MR) is 128 cm³/mol. The number of fused-ring (bicyclic) bond motifs is 1. The van der Waals surface area contributed by atoms with Crippen LogP contribution in [0, 0.1) is 0 Å². The van der Waals surface area contributed by atoms with E-state index in [4.69, 9.17) is 33.3 Å². The van der Waals surface area contributed by atoms with Crippen molar-refractivity contribution in [3.8, 4) is 11.5 Å². The molecule has 4 rings (SSSR count). The Bertz CT molecular complexity index is 1110. The minimum absolute atomic E-state index is 0.190. The molecule has 0 aliphatic carbocycles. The van der Waals surface area contributed by atoms with E-state index in [0.29, 0.717) is 31.3 Å². The van der Waals surface area contributed by atoms with Crippen molar-refractivity contribution in [1.29, 1.82) is 0 Å². The van der Waals surface area contributed by atoms with Gasteiger partial charge in [0.05, 0.1) is 15.5 Å². The number of carbonyl (C=O) groups is 2. The van der Waals surface area contributed by atoms with Gasteiger partial charge in [0.25, 0.3) is 11.8 Å². The Hall–Kier alpha value is -2.20. The number of amides is 2. The summed E-state index contributed by atoms with van der Waals surface area (Å²) in [6.07, 6.45) is 3.70. The number of ether oxygens (including phenoxy) is 2. The third kappa shape index (κ3) is 4.85. The Balaban J connectivity index is 1.38.